The molecule has 2 aromatic carbocycles. The first-order chi connectivity index (χ1) is 15.6. The van der Waals surface area contributed by atoms with Crippen LogP contribution in [0.3, 0.4) is 0 Å². The van der Waals surface area contributed by atoms with Gasteiger partial charge in [0.15, 0.2) is 6.23 Å². The topological polar surface area (TPSA) is 140 Å². The zero-order valence-electron chi connectivity index (χ0n) is 16.8. The molecule has 5 aromatic rings. The average molecular weight is 432 g/mol. The number of anilines is 1. The smallest absolute Gasteiger partial charge is 0.222 e. The third kappa shape index (κ3) is 2.66. The van der Waals surface area contributed by atoms with Gasteiger partial charge in [0, 0.05) is 27.9 Å². The Kier molecular flexibility index (Phi) is 4.21. The van der Waals surface area contributed by atoms with Crippen molar-refractivity contribution in [2.24, 2.45) is 0 Å². The predicted octanol–water partition coefficient (Wildman–Crippen LogP) is 2.19. The van der Waals surface area contributed by atoms with Crippen molar-refractivity contribution in [3.8, 4) is 11.3 Å². The second-order valence-electron chi connectivity index (χ2n) is 7.90. The Balaban J connectivity index is 1.56. The van der Waals surface area contributed by atoms with E-state index >= 15 is 0 Å². The first-order valence-corrected chi connectivity index (χ1v) is 10.2. The highest BCUT2D eigenvalue weighted by Gasteiger charge is 2.43. The SMILES string of the molecule is Nc1nc(-c2cccc3c2oc2ccccc23)c2ccn([C@@H]3O[C@H](CO)C(O)C3O)c2n1. The Morgan fingerprint density at radius 3 is 2.56 bits per heavy atom. The molecule has 3 aromatic heterocycles. The number of hydrogen-bond acceptors (Lipinski definition) is 8. The van der Waals surface area contributed by atoms with Crippen LogP contribution in [0.4, 0.5) is 5.95 Å². The molecule has 6 rings (SSSR count). The summed E-state index contributed by atoms with van der Waals surface area (Å²) >= 11 is 0. The summed E-state index contributed by atoms with van der Waals surface area (Å²) in [6.07, 6.45) is -2.58. The zero-order valence-corrected chi connectivity index (χ0v) is 16.8. The number of nitrogen functional groups attached to an aromatic ring is 1. The molecule has 0 radical (unpaired) electrons. The van der Waals surface area contributed by atoms with Gasteiger partial charge in [0.1, 0.15) is 35.1 Å². The van der Waals surface area contributed by atoms with Crippen LogP contribution in [0, 0.1) is 0 Å². The van der Waals surface area contributed by atoms with Crippen LogP contribution in [0.2, 0.25) is 0 Å². The van der Waals surface area contributed by atoms with Crippen molar-refractivity contribution in [3.05, 3.63) is 54.7 Å². The number of aliphatic hydroxyl groups excluding tert-OH is 3. The highest BCUT2D eigenvalue weighted by atomic mass is 16.6. The van der Waals surface area contributed by atoms with Gasteiger partial charge < -0.3 is 34.8 Å². The van der Waals surface area contributed by atoms with Crippen LogP contribution >= 0.6 is 0 Å². The highest BCUT2D eigenvalue weighted by Crippen LogP contribution is 2.39. The fraction of sp³-hybridized carbons (Fsp3) is 0.217. The second-order valence-corrected chi connectivity index (χ2v) is 7.90. The van der Waals surface area contributed by atoms with E-state index in [4.69, 9.17) is 14.9 Å². The standard InChI is InChI=1S/C23H20N4O5/c24-23-25-17(13-6-3-5-12-11-4-1-2-7-15(11)31-20(12)13)14-8-9-27(21(14)26-23)22-19(30)18(29)16(10-28)32-22/h1-9,16,18-19,22,28-30H,10H2,(H2,24,25,26)/t16-,18?,19?,22-/m1/s1. The van der Waals surface area contributed by atoms with E-state index in [-0.39, 0.29) is 5.95 Å². The second kappa shape index (κ2) is 7.01. The van der Waals surface area contributed by atoms with Gasteiger partial charge >= 0.3 is 0 Å². The molecule has 32 heavy (non-hydrogen) atoms. The Labute approximate surface area is 181 Å². The number of rotatable bonds is 3. The van der Waals surface area contributed by atoms with Crippen molar-refractivity contribution < 1.29 is 24.5 Å². The summed E-state index contributed by atoms with van der Waals surface area (Å²) in [5, 5.41) is 32.7. The molecule has 0 aliphatic carbocycles. The van der Waals surface area contributed by atoms with E-state index in [0.29, 0.717) is 22.3 Å². The van der Waals surface area contributed by atoms with E-state index in [1.165, 1.54) is 0 Å². The van der Waals surface area contributed by atoms with Crippen LogP contribution in [-0.2, 0) is 4.74 Å². The van der Waals surface area contributed by atoms with Crippen LogP contribution in [0.1, 0.15) is 6.23 Å². The summed E-state index contributed by atoms with van der Waals surface area (Å²) in [5.41, 5.74) is 9.32. The van der Waals surface area contributed by atoms with E-state index in [9.17, 15) is 15.3 Å². The Bertz CT molecular complexity index is 1480. The minimum absolute atomic E-state index is 0.0484. The van der Waals surface area contributed by atoms with Gasteiger partial charge in [0.2, 0.25) is 5.95 Å². The summed E-state index contributed by atoms with van der Waals surface area (Å²) in [6.45, 7) is -0.412. The van der Waals surface area contributed by atoms with E-state index < -0.39 is 31.1 Å². The lowest BCUT2D eigenvalue weighted by Crippen LogP contribution is -2.33. The number of hydrogen-bond donors (Lipinski definition) is 4. The molecule has 2 unspecified atom stereocenters. The molecular formula is C23H20N4O5. The zero-order chi connectivity index (χ0) is 22.0. The summed E-state index contributed by atoms with van der Waals surface area (Å²) in [6, 6.07) is 15.5. The lowest BCUT2D eigenvalue weighted by atomic mass is 10.0. The maximum atomic E-state index is 10.5. The summed E-state index contributed by atoms with van der Waals surface area (Å²) in [5.74, 6) is 0.0484. The van der Waals surface area contributed by atoms with Crippen LogP contribution in [0.25, 0.3) is 44.2 Å². The lowest BCUT2D eigenvalue weighted by molar-refractivity contribution is -0.0508. The van der Waals surface area contributed by atoms with E-state index in [1.807, 2.05) is 42.5 Å². The minimum Gasteiger partial charge on any atom is -0.455 e. The van der Waals surface area contributed by atoms with Crippen molar-refractivity contribution in [1.29, 1.82) is 0 Å². The van der Waals surface area contributed by atoms with Gasteiger partial charge in [-0.15, -0.1) is 0 Å². The van der Waals surface area contributed by atoms with Crippen molar-refractivity contribution in [2.75, 3.05) is 12.3 Å². The van der Waals surface area contributed by atoms with Gasteiger partial charge in [0.05, 0.1) is 12.3 Å². The normalized spacial score (nSPS) is 23.6. The van der Waals surface area contributed by atoms with Crippen LogP contribution in [0.15, 0.2) is 59.1 Å². The van der Waals surface area contributed by atoms with Crippen molar-refractivity contribution >= 4 is 38.9 Å². The molecule has 4 heterocycles. The third-order valence-corrected chi connectivity index (χ3v) is 6.04. The monoisotopic (exact) mass is 432 g/mol. The Morgan fingerprint density at radius 2 is 1.75 bits per heavy atom. The molecule has 9 heteroatoms. The van der Waals surface area contributed by atoms with Gasteiger partial charge in [0.25, 0.3) is 0 Å². The fourth-order valence-corrected chi connectivity index (χ4v) is 4.50. The van der Waals surface area contributed by atoms with E-state index in [1.54, 1.807) is 16.8 Å². The number of nitrogens with zero attached hydrogens (tertiary/aromatic N) is 3. The summed E-state index contributed by atoms with van der Waals surface area (Å²) < 4.78 is 13.4. The van der Waals surface area contributed by atoms with Crippen molar-refractivity contribution in [1.82, 2.24) is 14.5 Å². The molecule has 4 atom stereocenters. The number of para-hydroxylation sites is 2. The summed E-state index contributed by atoms with van der Waals surface area (Å²) in [7, 11) is 0. The molecule has 162 valence electrons. The Hall–Kier alpha value is -3.50. The molecule has 5 N–H and O–H groups in total. The average Bonchev–Trinajstić information content (AvgIpc) is 3.47. The number of aliphatic hydroxyl groups is 3. The quantitative estimate of drug-likeness (QED) is 0.340. The maximum Gasteiger partial charge on any atom is 0.222 e. The van der Waals surface area contributed by atoms with Gasteiger partial charge in [-0.1, -0.05) is 30.3 Å². The molecule has 1 fully saturated rings. The number of ether oxygens (including phenoxy) is 1. The predicted molar refractivity (Wildman–Crippen MR) is 118 cm³/mol. The number of benzene rings is 2. The third-order valence-electron chi connectivity index (χ3n) is 6.04. The van der Waals surface area contributed by atoms with Gasteiger partial charge in [-0.05, 0) is 18.2 Å². The van der Waals surface area contributed by atoms with Crippen LogP contribution in [0.5, 0.6) is 0 Å². The molecule has 1 aliphatic heterocycles. The van der Waals surface area contributed by atoms with Gasteiger partial charge in [-0.3, -0.25) is 0 Å². The molecular weight excluding hydrogens is 412 g/mol. The van der Waals surface area contributed by atoms with Crippen molar-refractivity contribution in [2.45, 2.75) is 24.5 Å². The first kappa shape index (κ1) is 19.2. The molecule has 0 amide bonds. The van der Waals surface area contributed by atoms with Gasteiger partial charge in [-0.25, -0.2) is 4.98 Å². The Morgan fingerprint density at radius 1 is 0.938 bits per heavy atom. The molecule has 0 spiro atoms. The summed E-state index contributed by atoms with van der Waals surface area (Å²) in [4.78, 5) is 8.86. The molecule has 0 saturated carbocycles. The molecule has 9 nitrogen and oxygen atoms in total. The largest absolute Gasteiger partial charge is 0.455 e. The lowest BCUT2D eigenvalue weighted by Gasteiger charge is -2.17. The first-order valence-electron chi connectivity index (χ1n) is 10.2. The molecule has 1 aliphatic rings. The van der Waals surface area contributed by atoms with E-state index in [2.05, 4.69) is 9.97 Å². The number of aromatic nitrogens is 3. The molecule has 1 saturated heterocycles. The highest BCUT2D eigenvalue weighted by molar-refractivity contribution is 6.11. The van der Waals surface area contributed by atoms with Crippen LogP contribution in [-0.4, -0.2) is 54.8 Å². The van der Waals surface area contributed by atoms with Gasteiger partial charge in [-0.2, -0.15) is 4.98 Å². The van der Waals surface area contributed by atoms with Crippen molar-refractivity contribution in [3.63, 3.8) is 0 Å². The number of nitrogens with two attached hydrogens (primary N) is 1. The minimum atomic E-state index is -1.24. The number of furan rings is 1. The van der Waals surface area contributed by atoms with Crippen LogP contribution < -0.4 is 5.73 Å². The number of fused-ring (bicyclic) bond motifs is 4. The molecule has 0 bridgehead atoms. The maximum absolute atomic E-state index is 10.5. The fourth-order valence-electron chi connectivity index (χ4n) is 4.50. The van der Waals surface area contributed by atoms with E-state index in [0.717, 1.165) is 21.9 Å².